The third-order valence-corrected chi connectivity index (χ3v) is 2.41. The van der Waals surface area contributed by atoms with Crippen LogP contribution in [0.1, 0.15) is 19.8 Å². The standard InChI is InChI=1S/C9H17N5/c1-2-8(7-13-14-10)3-4-9-11-5-6-12-9/h2,9,11-12H,3-7H2,1H3/b8-2-. The minimum atomic E-state index is 0.427. The molecule has 0 unspecified atom stereocenters. The Hall–Kier alpha value is -1.03. The summed E-state index contributed by atoms with van der Waals surface area (Å²) in [5, 5.41) is 10.3. The summed E-state index contributed by atoms with van der Waals surface area (Å²) in [4.78, 5) is 2.76. The lowest BCUT2D eigenvalue weighted by atomic mass is 10.1. The molecule has 0 saturated carbocycles. The molecule has 5 heteroatoms. The number of hydrogen-bond donors (Lipinski definition) is 2. The summed E-state index contributed by atoms with van der Waals surface area (Å²) >= 11 is 0. The van der Waals surface area contributed by atoms with E-state index in [4.69, 9.17) is 5.53 Å². The first-order chi connectivity index (χ1) is 6.86. The van der Waals surface area contributed by atoms with Gasteiger partial charge in [-0.25, -0.2) is 0 Å². The van der Waals surface area contributed by atoms with E-state index in [0.717, 1.165) is 25.9 Å². The molecule has 0 aromatic rings. The van der Waals surface area contributed by atoms with Gasteiger partial charge in [0.05, 0.1) is 6.17 Å². The van der Waals surface area contributed by atoms with E-state index in [1.807, 2.05) is 13.0 Å². The topological polar surface area (TPSA) is 72.8 Å². The predicted molar refractivity (Wildman–Crippen MR) is 56.8 cm³/mol. The molecular formula is C9H17N5. The number of rotatable bonds is 5. The van der Waals surface area contributed by atoms with E-state index in [1.54, 1.807) is 0 Å². The Morgan fingerprint density at radius 3 is 2.86 bits per heavy atom. The highest BCUT2D eigenvalue weighted by Gasteiger charge is 2.12. The van der Waals surface area contributed by atoms with Crippen molar-refractivity contribution in [1.82, 2.24) is 10.6 Å². The molecule has 1 aliphatic rings. The van der Waals surface area contributed by atoms with Gasteiger partial charge in [0.1, 0.15) is 0 Å². The van der Waals surface area contributed by atoms with E-state index < -0.39 is 0 Å². The van der Waals surface area contributed by atoms with E-state index in [-0.39, 0.29) is 0 Å². The summed E-state index contributed by atoms with van der Waals surface area (Å²) in [6.07, 6.45) is 4.50. The maximum Gasteiger partial charge on any atom is 0.0575 e. The Labute approximate surface area is 84.2 Å². The van der Waals surface area contributed by atoms with Gasteiger partial charge in [-0.15, -0.1) is 0 Å². The average molecular weight is 195 g/mol. The van der Waals surface area contributed by atoms with Gasteiger partial charge in [0.15, 0.2) is 0 Å². The number of nitrogens with one attached hydrogen (secondary N) is 2. The first-order valence-corrected chi connectivity index (χ1v) is 4.98. The molecule has 0 spiro atoms. The molecule has 0 atom stereocenters. The molecule has 14 heavy (non-hydrogen) atoms. The van der Waals surface area contributed by atoms with Gasteiger partial charge in [0.25, 0.3) is 0 Å². The van der Waals surface area contributed by atoms with Gasteiger partial charge in [-0.1, -0.05) is 16.8 Å². The highest BCUT2D eigenvalue weighted by molar-refractivity contribution is 5.03. The number of azide groups is 1. The van der Waals surface area contributed by atoms with E-state index in [9.17, 15) is 0 Å². The van der Waals surface area contributed by atoms with E-state index in [0.29, 0.717) is 12.7 Å². The zero-order valence-corrected chi connectivity index (χ0v) is 8.53. The van der Waals surface area contributed by atoms with Crippen LogP contribution in [0.25, 0.3) is 10.4 Å². The number of hydrogen-bond acceptors (Lipinski definition) is 3. The van der Waals surface area contributed by atoms with Crippen molar-refractivity contribution in [1.29, 1.82) is 0 Å². The second-order valence-corrected chi connectivity index (χ2v) is 3.34. The highest BCUT2D eigenvalue weighted by Crippen LogP contribution is 2.08. The number of nitrogens with zero attached hydrogens (tertiary/aromatic N) is 3. The fraction of sp³-hybridized carbons (Fsp3) is 0.778. The number of allylic oxidation sites excluding steroid dienone is 1. The van der Waals surface area contributed by atoms with Crippen LogP contribution in [0.2, 0.25) is 0 Å². The van der Waals surface area contributed by atoms with Crippen LogP contribution in [0.4, 0.5) is 0 Å². The van der Waals surface area contributed by atoms with Crippen molar-refractivity contribution in [2.45, 2.75) is 25.9 Å². The molecule has 1 aliphatic heterocycles. The predicted octanol–water partition coefficient (Wildman–Crippen LogP) is 1.54. The Balaban J connectivity index is 2.23. The zero-order chi connectivity index (χ0) is 10.2. The summed E-state index contributed by atoms with van der Waals surface area (Å²) in [7, 11) is 0. The van der Waals surface area contributed by atoms with Crippen molar-refractivity contribution < 1.29 is 0 Å². The monoisotopic (exact) mass is 195 g/mol. The van der Waals surface area contributed by atoms with Gasteiger partial charge >= 0.3 is 0 Å². The molecule has 1 rings (SSSR count). The van der Waals surface area contributed by atoms with Crippen LogP contribution in [-0.4, -0.2) is 25.8 Å². The lowest BCUT2D eigenvalue weighted by Crippen LogP contribution is -2.30. The molecule has 1 fully saturated rings. The Morgan fingerprint density at radius 1 is 1.57 bits per heavy atom. The van der Waals surface area contributed by atoms with Crippen molar-refractivity contribution >= 4 is 0 Å². The van der Waals surface area contributed by atoms with Gasteiger partial charge in [-0.2, -0.15) is 0 Å². The molecule has 0 amide bonds. The minimum Gasteiger partial charge on any atom is -0.301 e. The van der Waals surface area contributed by atoms with Crippen molar-refractivity contribution in [2.75, 3.05) is 19.6 Å². The average Bonchev–Trinajstić information content (AvgIpc) is 2.71. The van der Waals surface area contributed by atoms with Gasteiger partial charge in [-0.3, -0.25) is 0 Å². The fourth-order valence-electron chi connectivity index (χ4n) is 1.54. The van der Waals surface area contributed by atoms with Crippen LogP contribution in [0.3, 0.4) is 0 Å². The van der Waals surface area contributed by atoms with Crippen molar-refractivity contribution in [3.63, 3.8) is 0 Å². The largest absolute Gasteiger partial charge is 0.301 e. The highest BCUT2D eigenvalue weighted by atomic mass is 15.2. The quantitative estimate of drug-likeness (QED) is 0.302. The molecule has 2 N–H and O–H groups in total. The van der Waals surface area contributed by atoms with Gasteiger partial charge < -0.3 is 10.6 Å². The third kappa shape index (κ3) is 3.79. The Morgan fingerprint density at radius 2 is 2.29 bits per heavy atom. The maximum absolute atomic E-state index is 8.20. The second-order valence-electron chi connectivity index (χ2n) is 3.34. The zero-order valence-electron chi connectivity index (χ0n) is 8.53. The van der Waals surface area contributed by atoms with Crippen LogP contribution < -0.4 is 10.6 Å². The molecule has 1 saturated heterocycles. The summed E-state index contributed by atoms with van der Waals surface area (Å²) in [5.41, 5.74) is 9.40. The van der Waals surface area contributed by atoms with Crippen molar-refractivity contribution in [3.8, 4) is 0 Å². The van der Waals surface area contributed by atoms with Gasteiger partial charge in [0.2, 0.25) is 0 Å². The normalized spacial score (nSPS) is 18.2. The molecule has 0 aromatic heterocycles. The van der Waals surface area contributed by atoms with E-state index >= 15 is 0 Å². The lowest BCUT2D eigenvalue weighted by molar-refractivity contribution is 0.511. The summed E-state index contributed by atoms with van der Waals surface area (Å²) in [6, 6.07) is 0. The van der Waals surface area contributed by atoms with Crippen LogP contribution in [0.15, 0.2) is 16.8 Å². The van der Waals surface area contributed by atoms with Crippen LogP contribution in [-0.2, 0) is 0 Å². The van der Waals surface area contributed by atoms with Crippen LogP contribution >= 0.6 is 0 Å². The van der Waals surface area contributed by atoms with Crippen LogP contribution in [0.5, 0.6) is 0 Å². The minimum absolute atomic E-state index is 0.427. The maximum atomic E-state index is 8.20. The smallest absolute Gasteiger partial charge is 0.0575 e. The molecule has 1 heterocycles. The molecule has 0 aliphatic carbocycles. The van der Waals surface area contributed by atoms with Crippen LogP contribution in [0, 0.1) is 0 Å². The molecule has 5 nitrogen and oxygen atoms in total. The van der Waals surface area contributed by atoms with Crippen molar-refractivity contribution in [2.24, 2.45) is 5.11 Å². The first-order valence-electron chi connectivity index (χ1n) is 4.98. The second kappa shape index (κ2) is 6.43. The molecular weight excluding hydrogens is 178 g/mol. The Bertz CT molecular complexity index is 236. The third-order valence-electron chi connectivity index (χ3n) is 2.41. The summed E-state index contributed by atoms with van der Waals surface area (Å²) in [6.45, 7) is 4.58. The lowest BCUT2D eigenvalue weighted by Gasteiger charge is -2.11. The van der Waals surface area contributed by atoms with E-state index in [1.165, 1.54) is 5.57 Å². The van der Waals surface area contributed by atoms with Gasteiger partial charge in [0, 0.05) is 24.5 Å². The molecule has 78 valence electrons. The Kier molecular flexibility index (Phi) is 5.07. The SMILES string of the molecule is C/C=C(/CCC1NCCN1)CN=[N+]=[N-]. The first kappa shape index (κ1) is 11.0. The molecule has 0 radical (unpaired) electrons. The molecule has 0 bridgehead atoms. The van der Waals surface area contributed by atoms with Crippen molar-refractivity contribution in [3.05, 3.63) is 22.1 Å². The molecule has 0 aromatic carbocycles. The summed E-state index contributed by atoms with van der Waals surface area (Å²) in [5.74, 6) is 0. The summed E-state index contributed by atoms with van der Waals surface area (Å²) < 4.78 is 0. The van der Waals surface area contributed by atoms with Gasteiger partial charge in [-0.05, 0) is 25.3 Å². The fourth-order valence-corrected chi connectivity index (χ4v) is 1.54. The van der Waals surface area contributed by atoms with E-state index in [2.05, 4.69) is 20.7 Å².